The van der Waals surface area contributed by atoms with Crippen molar-refractivity contribution in [1.82, 2.24) is 4.90 Å². The van der Waals surface area contributed by atoms with Crippen molar-refractivity contribution in [3.05, 3.63) is 23.4 Å². The van der Waals surface area contributed by atoms with Crippen molar-refractivity contribution in [2.45, 2.75) is 44.3 Å². The van der Waals surface area contributed by atoms with Crippen molar-refractivity contribution < 1.29 is 23.5 Å². The Bertz CT molecular complexity index is 631. The summed E-state index contributed by atoms with van der Waals surface area (Å²) < 4.78 is 16.2. The molecule has 2 rings (SSSR count). The van der Waals surface area contributed by atoms with Gasteiger partial charge in [-0.15, -0.1) is 11.6 Å². The molecule has 6 nitrogen and oxygen atoms in total. The second-order valence-corrected chi connectivity index (χ2v) is 14.0. The first-order valence-corrected chi connectivity index (χ1v) is 12.7. The Kier molecular flexibility index (Phi) is 6.53. The van der Waals surface area contributed by atoms with E-state index in [0.29, 0.717) is 11.5 Å². The molecular weight excluding hydrogens is 394 g/mol. The summed E-state index contributed by atoms with van der Waals surface area (Å²) in [6.45, 7) is 14.7. The van der Waals surface area contributed by atoms with Crippen LogP contribution in [-0.2, 0) is 18.7 Å². The van der Waals surface area contributed by atoms with E-state index >= 15 is 0 Å². The van der Waals surface area contributed by atoms with Crippen molar-refractivity contribution in [3.63, 3.8) is 0 Å². The fraction of sp³-hybridized carbons (Fsp3) is 0.647. The maximum absolute atomic E-state index is 12.6. The first-order valence-electron chi connectivity index (χ1n) is 8.41. The minimum atomic E-state index is -1.94. The third-order valence-corrected chi connectivity index (χ3v) is 11.2. The van der Waals surface area contributed by atoms with Gasteiger partial charge in [0.15, 0.2) is 8.32 Å². The highest BCUT2D eigenvalue weighted by Gasteiger charge is 2.56. The molecule has 9 heteroatoms. The van der Waals surface area contributed by atoms with Crippen LogP contribution < -0.4 is 0 Å². The van der Waals surface area contributed by atoms with E-state index in [1.54, 1.807) is 0 Å². The average Bonchev–Trinajstić information content (AvgIpc) is 2.85. The number of amides is 1. The molecule has 0 bridgehead atoms. The number of hydrogen-bond donors (Lipinski definition) is 0. The molecule has 1 fully saturated rings. The zero-order valence-corrected chi connectivity index (χ0v) is 18.4. The second kappa shape index (κ2) is 7.96. The zero-order valence-electron chi connectivity index (χ0n) is 15.8. The minimum absolute atomic E-state index is 0.0375. The second-order valence-electron chi connectivity index (χ2n) is 7.71. The van der Waals surface area contributed by atoms with Crippen LogP contribution in [0.2, 0.25) is 18.1 Å². The maximum atomic E-state index is 12.6. The lowest BCUT2D eigenvalue weighted by Crippen LogP contribution is -2.59. The molecule has 0 aromatic rings. The zero-order chi connectivity index (χ0) is 19.7. The predicted octanol–water partition coefficient (Wildman–Crippen LogP) is 4.29. The van der Waals surface area contributed by atoms with Crippen LogP contribution in [0.1, 0.15) is 20.8 Å². The lowest BCUT2D eigenvalue weighted by Gasteiger charge is -2.44. The van der Waals surface area contributed by atoms with Crippen molar-refractivity contribution in [3.8, 4) is 0 Å². The third kappa shape index (κ3) is 4.13. The lowest BCUT2D eigenvalue weighted by atomic mass is 10.00. The quantitative estimate of drug-likeness (QED) is 0.202. The minimum Gasteiger partial charge on any atom is -0.430 e. The average molecular weight is 420 g/mol. The van der Waals surface area contributed by atoms with E-state index in [2.05, 4.69) is 40.4 Å². The Morgan fingerprint density at radius 2 is 2.08 bits per heavy atom. The van der Waals surface area contributed by atoms with Gasteiger partial charge in [-0.3, -0.25) is 9.69 Å². The molecule has 0 unspecified atom stereocenters. The third-order valence-electron chi connectivity index (χ3n) is 4.92. The van der Waals surface area contributed by atoms with Gasteiger partial charge in [0.05, 0.1) is 16.7 Å². The van der Waals surface area contributed by atoms with Gasteiger partial charge in [-0.25, -0.2) is 4.79 Å². The monoisotopic (exact) mass is 419 g/mol. The summed E-state index contributed by atoms with van der Waals surface area (Å²) in [7, 11) is -1.94. The molecule has 0 aliphatic carbocycles. The fourth-order valence-corrected chi connectivity index (χ4v) is 4.90. The van der Waals surface area contributed by atoms with Gasteiger partial charge in [-0.05, 0) is 18.1 Å². The molecule has 0 radical (unpaired) electrons. The summed E-state index contributed by atoms with van der Waals surface area (Å²) in [5.74, 6) is -0.0479. The lowest BCUT2D eigenvalue weighted by molar-refractivity contribution is -0.151. The van der Waals surface area contributed by atoms with Gasteiger partial charge in [-0.1, -0.05) is 45.2 Å². The summed E-state index contributed by atoms with van der Waals surface area (Å²) in [6.07, 6.45) is 0.561. The number of allylic oxidation sites excluding steroid dienone is 1. The number of carbonyl (C=O) groups is 2. The molecule has 26 heavy (non-hydrogen) atoms. The molecule has 0 N–H and O–H groups in total. The topological polar surface area (TPSA) is 65.1 Å². The molecule has 1 amide bonds. The number of alkyl halides is 1. The number of halogens is 1. The van der Waals surface area contributed by atoms with Gasteiger partial charge in [0.1, 0.15) is 12.0 Å². The predicted molar refractivity (Wildman–Crippen MR) is 105 cm³/mol. The first kappa shape index (κ1) is 21.3. The fourth-order valence-electron chi connectivity index (χ4n) is 2.30. The van der Waals surface area contributed by atoms with E-state index in [9.17, 15) is 9.59 Å². The molecule has 1 saturated heterocycles. The number of nitrogens with zero attached hydrogens (tertiary/aromatic N) is 1. The van der Waals surface area contributed by atoms with Crippen molar-refractivity contribution in [2.75, 3.05) is 19.1 Å². The van der Waals surface area contributed by atoms with Gasteiger partial charge in [-0.2, -0.15) is 0 Å². The molecule has 0 aromatic carbocycles. The number of β-lactam (4-membered cyclic amide) rings is 1. The van der Waals surface area contributed by atoms with Crippen LogP contribution in [0.5, 0.6) is 0 Å². The molecule has 0 aromatic heterocycles. The van der Waals surface area contributed by atoms with Crippen LogP contribution >= 0.6 is 23.4 Å². The highest BCUT2D eigenvalue weighted by Crippen LogP contribution is 2.50. The van der Waals surface area contributed by atoms with E-state index in [4.69, 9.17) is 25.5 Å². The summed E-state index contributed by atoms with van der Waals surface area (Å²) in [4.78, 5) is 26.4. The van der Waals surface area contributed by atoms with Crippen LogP contribution in [0, 0.1) is 5.92 Å². The SMILES string of the molecule is C=CCOC(=O)OC1=C(CCl)S[C@@H]2[C@@H](CO[Si](C)(C)C(C)(C)C)C(=O)N12. The number of rotatable bonds is 7. The van der Waals surface area contributed by atoms with E-state index in [0.717, 1.165) is 0 Å². The number of thioether (sulfide) groups is 1. The summed E-state index contributed by atoms with van der Waals surface area (Å²) in [5, 5.41) is -0.0754. The van der Waals surface area contributed by atoms with Gasteiger partial charge < -0.3 is 13.9 Å². The standard InChI is InChI=1S/C17H26ClNO5SSi/c1-7-8-22-16(21)24-14-12(9-18)25-15-11(13(20)19(14)15)10-23-26(5,6)17(2,3)4/h7,11,15H,1,8-10H2,2-6H3/t11-,15+/m0/s1. The van der Waals surface area contributed by atoms with E-state index in [-0.39, 0.29) is 40.6 Å². The maximum Gasteiger partial charge on any atom is 0.515 e. The van der Waals surface area contributed by atoms with Crippen LogP contribution in [0.15, 0.2) is 23.4 Å². The Morgan fingerprint density at radius 3 is 2.62 bits per heavy atom. The molecule has 2 aliphatic heterocycles. The molecule has 146 valence electrons. The first-order chi connectivity index (χ1) is 12.0. The molecular formula is C17H26ClNO5SSi. The van der Waals surface area contributed by atoms with Crippen molar-refractivity contribution in [2.24, 2.45) is 5.92 Å². The van der Waals surface area contributed by atoms with Gasteiger partial charge in [0.25, 0.3) is 0 Å². The number of hydrogen-bond acceptors (Lipinski definition) is 6. The Hall–Kier alpha value is -0.963. The summed E-state index contributed by atoms with van der Waals surface area (Å²) in [5.41, 5.74) is 0. The van der Waals surface area contributed by atoms with Crippen LogP contribution in [0.3, 0.4) is 0 Å². The Morgan fingerprint density at radius 1 is 1.42 bits per heavy atom. The summed E-state index contributed by atoms with van der Waals surface area (Å²) >= 11 is 7.40. The highest BCUT2D eigenvalue weighted by atomic mass is 35.5. The number of ether oxygens (including phenoxy) is 2. The van der Waals surface area contributed by atoms with Gasteiger partial charge in [0, 0.05) is 6.61 Å². The molecule has 2 atom stereocenters. The van der Waals surface area contributed by atoms with Gasteiger partial charge >= 0.3 is 6.16 Å². The van der Waals surface area contributed by atoms with Crippen molar-refractivity contribution in [1.29, 1.82) is 0 Å². The van der Waals surface area contributed by atoms with Crippen molar-refractivity contribution >= 4 is 43.7 Å². The largest absolute Gasteiger partial charge is 0.515 e. The molecule has 2 aliphatic rings. The molecule has 0 spiro atoms. The summed E-state index contributed by atoms with van der Waals surface area (Å²) in [6, 6.07) is 0. The Labute approximate surface area is 165 Å². The normalized spacial score (nSPS) is 22.8. The highest BCUT2D eigenvalue weighted by molar-refractivity contribution is 8.04. The van der Waals surface area contributed by atoms with E-state index in [1.165, 1.54) is 22.7 Å². The smallest absolute Gasteiger partial charge is 0.430 e. The number of carbonyl (C=O) groups excluding carboxylic acids is 2. The van der Waals surface area contributed by atoms with Crippen LogP contribution in [-0.4, -0.2) is 49.7 Å². The number of fused-ring (bicyclic) bond motifs is 1. The molecule has 2 heterocycles. The molecule has 0 saturated carbocycles. The van der Waals surface area contributed by atoms with Crippen LogP contribution in [0.25, 0.3) is 0 Å². The van der Waals surface area contributed by atoms with E-state index in [1.807, 2.05) is 0 Å². The van der Waals surface area contributed by atoms with E-state index < -0.39 is 14.5 Å². The Balaban J connectivity index is 2.01. The van der Waals surface area contributed by atoms with Crippen LogP contribution in [0.4, 0.5) is 4.79 Å². The van der Waals surface area contributed by atoms with Gasteiger partial charge in [0.2, 0.25) is 11.8 Å².